The number of aromatic nitrogens is 1. The zero-order valence-electron chi connectivity index (χ0n) is 20.0. The van der Waals surface area contributed by atoms with Crippen LogP contribution >= 0.6 is 24.0 Å². The largest absolute Gasteiger partial charge is 0.357 e. The molecule has 1 aromatic rings. The van der Waals surface area contributed by atoms with Gasteiger partial charge in [0, 0.05) is 31.7 Å². The first kappa shape index (κ1) is 25.5. The van der Waals surface area contributed by atoms with Crippen LogP contribution in [-0.2, 0) is 11.3 Å². The highest BCUT2D eigenvalue weighted by molar-refractivity contribution is 8.26. The second-order valence-electron chi connectivity index (χ2n) is 8.75. The normalized spacial score (nSPS) is 17.8. The monoisotopic (exact) mass is 486 g/mol. The quantitative estimate of drug-likeness (QED) is 0.271. The molecule has 0 saturated carbocycles. The first-order valence-corrected chi connectivity index (χ1v) is 13.3. The number of nitriles is 1. The smallest absolute Gasteiger partial charge is 0.270 e. The van der Waals surface area contributed by atoms with Crippen molar-refractivity contribution in [1.29, 1.82) is 5.26 Å². The molecule has 0 atom stereocenters. The molecule has 2 fully saturated rings. The summed E-state index contributed by atoms with van der Waals surface area (Å²) in [6.45, 7) is 8.93. The zero-order chi connectivity index (χ0) is 24.0. The summed E-state index contributed by atoms with van der Waals surface area (Å²) in [5.41, 5.74) is 1.36. The van der Waals surface area contributed by atoms with Gasteiger partial charge in [0.25, 0.3) is 11.5 Å². The SMILES string of the molecule is CCCCCCN1C(=O)/C(=C/c2c(C)c(C#N)c(=O)n(CCC)c2N2CCCCC2)SC1=S. The number of carbonyl (C=O) groups excluding carboxylic acids is 1. The highest BCUT2D eigenvalue weighted by Crippen LogP contribution is 2.36. The van der Waals surface area contributed by atoms with E-state index in [0.29, 0.717) is 27.9 Å². The summed E-state index contributed by atoms with van der Waals surface area (Å²) in [7, 11) is 0. The molecule has 0 bridgehead atoms. The van der Waals surface area contributed by atoms with Gasteiger partial charge in [-0.25, -0.2) is 0 Å². The minimum Gasteiger partial charge on any atom is -0.357 e. The van der Waals surface area contributed by atoms with Crippen molar-refractivity contribution in [1.82, 2.24) is 9.47 Å². The summed E-state index contributed by atoms with van der Waals surface area (Å²) in [6, 6.07) is 2.12. The molecular weight excluding hydrogens is 452 g/mol. The molecule has 1 aromatic heterocycles. The molecule has 2 aliphatic rings. The predicted molar refractivity (Wildman–Crippen MR) is 141 cm³/mol. The Morgan fingerprint density at radius 1 is 1.06 bits per heavy atom. The average Bonchev–Trinajstić information content (AvgIpc) is 3.08. The van der Waals surface area contributed by atoms with Gasteiger partial charge >= 0.3 is 0 Å². The first-order chi connectivity index (χ1) is 15.9. The lowest BCUT2D eigenvalue weighted by Crippen LogP contribution is -2.37. The van der Waals surface area contributed by atoms with E-state index in [4.69, 9.17) is 12.2 Å². The Kier molecular flexibility index (Phi) is 9.16. The van der Waals surface area contributed by atoms with Crippen LogP contribution in [-0.4, -0.2) is 39.3 Å². The van der Waals surface area contributed by atoms with Crippen molar-refractivity contribution in [2.75, 3.05) is 24.5 Å². The molecule has 2 aliphatic heterocycles. The second kappa shape index (κ2) is 11.8. The lowest BCUT2D eigenvalue weighted by Gasteiger charge is -2.33. The summed E-state index contributed by atoms with van der Waals surface area (Å²) < 4.78 is 2.33. The van der Waals surface area contributed by atoms with Crippen LogP contribution in [0.2, 0.25) is 0 Å². The van der Waals surface area contributed by atoms with E-state index in [-0.39, 0.29) is 17.0 Å². The van der Waals surface area contributed by atoms with Gasteiger partial charge < -0.3 is 4.90 Å². The van der Waals surface area contributed by atoms with Crippen molar-refractivity contribution in [2.24, 2.45) is 0 Å². The lowest BCUT2D eigenvalue weighted by atomic mass is 10.0. The standard InChI is InChI=1S/C25H34N4O2S2/c1-4-6-7-11-15-29-24(31)21(33-25(29)32)16-19-18(3)20(17-26)23(30)28(12-5-2)22(19)27-13-9-8-10-14-27/h16H,4-15H2,1-3H3/b21-16-. The number of nitrogens with zero attached hydrogens (tertiary/aromatic N) is 4. The van der Waals surface area contributed by atoms with Crippen molar-refractivity contribution in [3.63, 3.8) is 0 Å². The van der Waals surface area contributed by atoms with Crippen molar-refractivity contribution in [3.8, 4) is 6.07 Å². The molecule has 3 heterocycles. The van der Waals surface area contributed by atoms with Gasteiger partial charge in [-0.15, -0.1) is 0 Å². The van der Waals surface area contributed by atoms with Crippen LogP contribution in [0.5, 0.6) is 0 Å². The maximum atomic E-state index is 13.2. The van der Waals surface area contributed by atoms with E-state index < -0.39 is 0 Å². The van der Waals surface area contributed by atoms with Gasteiger partial charge in [-0.05, 0) is 50.7 Å². The second-order valence-corrected chi connectivity index (χ2v) is 10.4. The van der Waals surface area contributed by atoms with E-state index in [1.165, 1.54) is 18.2 Å². The molecule has 0 unspecified atom stereocenters. The molecule has 178 valence electrons. The van der Waals surface area contributed by atoms with Crippen LogP contribution in [0, 0.1) is 18.3 Å². The molecule has 1 amide bonds. The van der Waals surface area contributed by atoms with E-state index >= 15 is 0 Å². The fraction of sp³-hybridized carbons (Fsp3) is 0.600. The topological polar surface area (TPSA) is 69.3 Å². The van der Waals surface area contributed by atoms with Crippen molar-refractivity contribution in [3.05, 3.63) is 31.9 Å². The number of pyridine rings is 1. The number of amides is 1. The number of thiocarbonyl (C=S) groups is 1. The summed E-state index contributed by atoms with van der Waals surface area (Å²) in [5.74, 6) is 0.767. The number of rotatable bonds is 9. The molecule has 0 spiro atoms. The Morgan fingerprint density at radius 3 is 2.42 bits per heavy atom. The molecule has 0 aromatic carbocycles. The predicted octanol–water partition coefficient (Wildman–Crippen LogP) is 5.21. The van der Waals surface area contributed by atoms with Crippen LogP contribution in [0.3, 0.4) is 0 Å². The number of piperidine rings is 1. The summed E-state index contributed by atoms with van der Waals surface area (Å²) in [5, 5.41) is 9.76. The van der Waals surface area contributed by atoms with Gasteiger partial charge in [0.1, 0.15) is 21.8 Å². The number of carbonyl (C=O) groups is 1. The summed E-state index contributed by atoms with van der Waals surface area (Å²) >= 11 is 6.85. The fourth-order valence-electron chi connectivity index (χ4n) is 4.54. The van der Waals surface area contributed by atoms with Crippen LogP contribution < -0.4 is 10.5 Å². The minimum absolute atomic E-state index is 0.0720. The molecule has 6 nitrogen and oxygen atoms in total. The van der Waals surface area contributed by atoms with Gasteiger partial charge in [0.2, 0.25) is 0 Å². The Hall–Kier alpha value is -2.11. The van der Waals surface area contributed by atoms with Crippen molar-refractivity contribution < 1.29 is 4.79 Å². The number of hydrogen-bond acceptors (Lipinski definition) is 6. The average molecular weight is 487 g/mol. The van der Waals surface area contributed by atoms with Gasteiger partial charge in [0.15, 0.2) is 0 Å². The Bertz CT molecular complexity index is 1030. The third-order valence-electron chi connectivity index (χ3n) is 6.33. The zero-order valence-corrected chi connectivity index (χ0v) is 21.6. The van der Waals surface area contributed by atoms with E-state index in [1.807, 2.05) is 19.9 Å². The molecule has 8 heteroatoms. The lowest BCUT2D eigenvalue weighted by molar-refractivity contribution is -0.122. The number of thioether (sulfide) groups is 1. The Balaban J connectivity index is 2.08. The van der Waals surface area contributed by atoms with E-state index in [2.05, 4.69) is 17.9 Å². The Labute approximate surface area is 206 Å². The third-order valence-corrected chi connectivity index (χ3v) is 7.71. The molecule has 0 aliphatic carbocycles. The molecule has 33 heavy (non-hydrogen) atoms. The highest BCUT2D eigenvalue weighted by atomic mass is 32.2. The van der Waals surface area contributed by atoms with Crippen molar-refractivity contribution >= 4 is 46.1 Å². The summed E-state index contributed by atoms with van der Waals surface area (Å²) in [4.78, 5) is 30.9. The minimum atomic E-state index is -0.238. The van der Waals surface area contributed by atoms with Crippen molar-refractivity contribution in [2.45, 2.75) is 78.7 Å². The van der Waals surface area contributed by atoms with Crippen LogP contribution in [0.15, 0.2) is 9.70 Å². The van der Waals surface area contributed by atoms with Gasteiger partial charge in [-0.2, -0.15) is 5.26 Å². The maximum Gasteiger partial charge on any atom is 0.270 e. The fourth-order valence-corrected chi connectivity index (χ4v) is 5.83. The van der Waals surface area contributed by atoms with Gasteiger partial charge in [-0.1, -0.05) is 57.1 Å². The molecule has 3 rings (SSSR count). The molecule has 2 saturated heterocycles. The van der Waals surface area contributed by atoms with Crippen LogP contribution in [0.25, 0.3) is 6.08 Å². The number of unbranched alkanes of at least 4 members (excludes halogenated alkanes) is 3. The molecular formula is C25H34N4O2S2. The first-order valence-electron chi connectivity index (χ1n) is 12.1. The third kappa shape index (κ3) is 5.52. The molecule has 0 radical (unpaired) electrons. The van der Waals surface area contributed by atoms with E-state index in [1.54, 1.807) is 9.47 Å². The maximum absolute atomic E-state index is 13.2. The Morgan fingerprint density at radius 2 is 1.79 bits per heavy atom. The number of hydrogen-bond donors (Lipinski definition) is 0. The van der Waals surface area contributed by atoms with Gasteiger partial charge in [0.05, 0.1) is 4.91 Å². The molecule has 0 N–H and O–H groups in total. The highest BCUT2D eigenvalue weighted by Gasteiger charge is 2.33. The van der Waals surface area contributed by atoms with E-state index in [0.717, 1.165) is 69.4 Å². The summed E-state index contributed by atoms with van der Waals surface area (Å²) in [6.07, 6.45) is 10.3. The van der Waals surface area contributed by atoms with Crippen LogP contribution in [0.4, 0.5) is 5.82 Å². The number of anilines is 1. The van der Waals surface area contributed by atoms with E-state index in [9.17, 15) is 14.9 Å². The van der Waals surface area contributed by atoms with Gasteiger partial charge in [-0.3, -0.25) is 19.1 Å². The van der Waals surface area contributed by atoms with Crippen LogP contribution in [0.1, 0.15) is 81.9 Å².